The molecule has 0 N–H and O–H groups in total. The highest BCUT2D eigenvalue weighted by Crippen LogP contribution is 2.25. The number of carbonyl (C=O) groups is 1. The molecule has 5 rings (SSSR count). The number of carbonyl (C=O) groups excluding carboxylic acids is 1. The number of amides is 1. The Hall–Kier alpha value is -4.22. The van der Waals surface area contributed by atoms with Gasteiger partial charge in [-0.3, -0.25) is 4.79 Å². The quantitative estimate of drug-likeness (QED) is 0.102. The molecule has 0 bridgehead atoms. The lowest BCUT2D eigenvalue weighted by molar-refractivity contribution is -0.938. The number of hydrogen-bond donors (Lipinski definition) is 0. The monoisotopic (exact) mass is 588 g/mol. The maximum Gasteiger partial charge on any atom is 0.291 e. The van der Waals surface area contributed by atoms with Crippen molar-refractivity contribution in [2.75, 3.05) is 26.2 Å². The highest BCUT2D eigenvalue weighted by atomic mass is 16.4. The second-order valence-corrected chi connectivity index (χ2v) is 12.3. The summed E-state index contributed by atoms with van der Waals surface area (Å²) >= 11 is 0. The van der Waals surface area contributed by atoms with Gasteiger partial charge in [0, 0.05) is 24.2 Å². The number of aryl methyl sites for hydroxylation is 3. The van der Waals surface area contributed by atoms with Crippen molar-refractivity contribution in [3.05, 3.63) is 125 Å². The molecule has 0 aliphatic rings. The number of oxazole rings is 1. The number of unbranched alkanes of at least 4 members (excludes halogenated alkanes) is 1. The molecule has 5 aromatic rings. The van der Waals surface area contributed by atoms with E-state index in [-0.39, 0.29) is 5.91 Å². The molecule has 0 saturated carbocycles. The van der Waals surface area contributed by atoms with Gasteiger partial charge < -0.3 is 13.8 Å². The molecule has 5 heteroatoms. The Kier molecular flexibility index (Phi) is 9.96. The van der Waals surface area contributed by atoms with Crippen LogP contribution in [-0.4, -0.2) is 46.5 Å². The van der Waals surface area contributed by atoms with E-state index in [9.17, 15) is 4.79 Å². The van der Waals surface area contributed by atoms with E-state index in [0.717, 1.165) is 54.6 Å². The summed E-state index contributed by atoms with van der Waals surface area (Å²) in [6, 6.07) is 31.5. The molecule has 0 saturated heterocycles. The Balaban J connectivity index is 1.34. The Morgan fingerprint density at radius 1 is 0.773 bits per heavy atom. The summed E-state index contributed by atoms with van der Waals surface area (Å²) in [4.78, 5) is 20.6. The van der Waals surface area contributed by atoms with Gasteiger partial charge in [-0.25, -0.2) is 4.98 Å². The highest BCUT2D eigenvalue weighted by Gasteiger charge is 2.26. The smallest absolute Gasteiger partial charge is 0.291 e. The molecular weight excluding hydrogens is 542 g/mol. The number of quaternary nitrogens is 1. The zero-order valence-corrected chi connectivity index (χ0v) is 27.0. The van der Waals surface area contributed by atoms with Crippen molar-refractivity contribution in [2.24, 2.45) is 0 Å². The summed E-state index contributed by atoms with van der Waals surface area (Å²) in [7, 11) is 0. The molecule has 5 nitrogen and oxygen atoms in total. The Labute approximate surface area is 262 Å². The summed E-state index contributed by atoms with van der Waals surface area (Å²) in [5.74, 6) is 0.704. The minimum absolute atomic E-state index is 0.104. The van der Waals surface area contributed by atoms with Crippen LogP contribution in [0.3, 0.4) is 0 Å². The number of hydrogen-bond acceptors (Lipinski definition) is 3. The van der Waals surface area contributed by atoms with Crippen molar-refractivity contribution < 1.29 is 13.7 Å². The summed E-state index contributed by atoms with van der Waals surface area (Å²) in [5, 5.41) is 2.38. The molecule has 0 unspecified atom stereocenters. The maximum atomic E-state index is 14.1. The van der Waals surface area contributed by atoms with Gasteiger partial charge in [0.1, 0.15) is 6.54 Å². The number of aromatic nitrogens is 1. The van der Waals surface area contributed by atoms with E-state index in [1.54, 1.807) is 0 Å². The van der Waals surface area contributed by atoms with Gasteiger partial charge in [0.2, 0.25) is 11.7 Å². The third kappa shape index (κ3) is 7.46. The fraction of sp³-hybridized carbons (Fsp3) is 0.333. The van der Waals surface area contributed by atoms with Crippen LogP contribution in [0.5, 0.6) is 0 Å². The SMILES string of the molecule is CC[N+](CC)(CCCCN(Cc1ccc2ccccc2c1)C(=O)c1oc(-c2ccccc2)nc1C)Cc1cc(C)cc(C)c1. The van der Waals surface area contributed by atoms with Crippen molar-refractivity contribution in [1.82, 2.24) is 9.88 Å². The predicted molar refractivity (Wildman–Crippen MR) is 180 cm³/mol. The van der Waals surface area contributed by atoms with Gasteiger partial charge in [-0.15, -0.1) is 0 Å². The van der Waals surface area contributed by atoms with Gasteiger partial charge in [0.05, 0.1) is 25.3 Å². The molecule has 0 fully saturated rings. The largest absolute Gasteiger partial charge is 0.431 e. The van der Waals surface area contributed by atoms with Crippen LogP contribution in [0.4, 0.5) is 0 Å². The van der Waals surface area contributed by atoms with Gasteiger partial charge in [-0.2, -0.15) is 0 Å². The first-order chi connectivity index (χ1) is 21.3. The third-order valence-electron chi connectivity index (χ3n) is 8.94. The van der Waals surface area contributed by atoms with E-state index < -0.39 is 0 Å². The Morgan fingerprint density at radius 2 is 1.45 bits per heavy atom. The van der Waals surface area contributed by atoms with Gasteiger partial charge in [-0.1, -0.05) is 83.9 Å². The zero-order valence-electron chi connectivity index (χ0n) is 27.0. The van der Waals surface area contributed by atoms with Gasteiger partial charge in [0.15, 0.2) is 0 Å². The molecule has 0 radical (unpaired) electrons. The molecule has 44 heavy (non-hydrogen) atoms. The van der Waals surface area contributed by atoms with Gasteiger partial charge in [0.25, 0.3) is 5.91 Å². The highest BCUT2D eigenvalue weighted by molar-refractivity contribution is 5.93. The normalized spacial score (nSPS) is 11.7. The van der Waals surface area contributed by atoms with E-state index in [0.29, 0.717) is 30.4 Å². The Bertz CT molecular complexity index is 1680. The van der Waals surface area contributed by atoms with Crippen molar-refractivity contribution >= 4 is 16.7 Å². The minimum Gasteiger partial charge on any atom is -0.431 e. The van der Waals surface area contributed by atoms with Crippen molar-refractivity contribution in [1.29, 1.82) is 0 Å². The van der Waals surface area contributed by atoms with E-state index in [1.165, 1.54) is 27.5 Å². The molecule has 0 aliphatic heterocycles. The first-order valence-corrected chi connectivity index (χ1v) is 16.0. The molecule has 1 amide bonds. The number of benzene rings is 4. The second-order valence-electron chi connectivity index (χ2n) is 12.3. The van der Waals surface area contributed by atoms with E-state index in [2.05, 4.69) is 93.3 Å². The Morgan fingerprint density at radius 3 is 2.16 bits per heavy atom. The molecule has 1 aromatic heterocycles. The second kappa shape index (κ2) is 14.0. The first kappa shape index (κ1) is 31.2. The summed E-state index contributed by atoms with van der Waals surface area (Å²) < 4.78 is 7.17. The summed E-state index contributed by atoms with van der Waals surface area (Å²) in [6.45, 7) is 16.3. The van der Waals surface area contributed by atoms with Crippen LogP contribution in [0.25, 0.3) is 22.2 Å². The molecule has 228 valence electrons. The van der Waals surface area contributed by atoms with Crippen LogP contribution in [0, 0.1) is 20.8 Å². The van der Waals surface area contributed by atoms with E-state index in [4.69, 9.17) is 4.42 Å². The lowest BCUT2D eigenvalue weighted by Gasteiger charge is -2.37. The number of fused-ring (bicyclic) bond motifs is 1. The standard InChI is InChI=1S/C39H46N3O2/c1-6-42(7-2,28-33-24-29(3)23-30(4)25-33)22-14-13-21-41(27-32-19-20-34-15-11-12-18-36(34)26-32)39(43)37-31(5)40-38(44-37)35-16-9-8-10-17-35/h8-12,15-20,23-26H,6-7,13-14,21-22,27-28H2,1-5H3/q+1. The van der Waals surface area contributed by atoms with Crippen LogP contribution in [0.15, 0.2) is 95.4 Å². The van der Waals surface area contributed by atoms with Gasteiger partial charge in [-0.05, 0) is 82.0 Å². The minimum atomic E-state index is -0.104. The molecule has 0 atom stereocenters. The van der Waals surface area contributed by atoms with Crippen molar-refractivity contribution in [3.63, 3.8) is 0 Å². The van der Waals surface area contributed by atoms with E-state index >= 15 is 0 Å². The van der Waals surface area contributed by atoms with Crippen LogP contribution >= 0.6 is 0 Å². The predicted octanol–water partition coefficient (Wildman–Crippen LogP) is 8.90. The maximum absolute atomic E-state index is 14.1. The lowest BCUT2D eigenvalue weighted by atomic mass is 10.1. The van der Waals surface area contributed by atoms with Crippen LogP contribution in [0.2, 0.25) is 0 Å². The van der Waals surface area contributed by atoms with Crippen molar-refractivity contribution in [3.8, 4) is 11.5 Å². The van der Waals surface area contributed by atoms with Gasteiger partial charge >= 0.3 is 0 Å². The fourth-order valence-corrected chi connectivity index (χ4v) is 6.39. The molecular formula is C39H46N3O2+. The zero-order chi connectivity index (χ0) is 31.1. The average molecular weight is 589 g/mol. The van der Waals surface area contributed by atoms with E-state index in [1.807, 2.05) is 42.2 Å². The third-order valence-corrected chi connectivity index (χ3v) is 8.94. The van der Waals surface area contributed by atoms with Crippen LogP contribution < -0.4 is 0 Å². The first-order valence-electron chi connectivity index (χ1n) is 16.0. The molecule has 0 spiro atoms. The van der Waals surface area contributed by atoms with Crippen LogP contribution in [-0.2, 0) is 13.1 Å². The molecule has 4 aromatic carbocycles. The number of nitrogens with zero attached hydrogens (tertiary/aromatic N) is 3. The van der Waals surface area contributed by atoms with Crippen molar-refractivity contribution in [2.45, 2.75) is 60.5 Å². The number of rotatable bonds is 13. The average Bonchev–Trinajstić information content (AvgIpc) is 3.42. The lowest BCUT2D eigenvalue weighted by Crippen LogP contribution is -2.47. The van der Waals surface area contributed by atoms with Crippen LogP contribution in [0.1, 0.15) is 65.2 Å². The summed E-state index contributed by atoms with van der Waals surface area (Å²) in [5.41, 5.74) is 6.66. The fourth-order valence-electron chi connectivity index (χ4n) is 6.39. The summed E-state index contributed by atoms with van der Waals surface area (Å²) in [6.07, 6.45) is 1.96. The molecule has 1 heterocycles. The molecule has 0 aliphatic carbocycles. The topological polar surface area (TPSA) is 46.3 Å².